The Morgan fingerprint density at radius 2 is 1.79 bits per heavy atom. The van der Waals surface area contributed by atoms with E-state index in [1.807, 2.05) is 0 Å². The Morgan fingerprint density at radius 3 is 2.38 bits per heavy atom. The maximum Gasteiger partial charge on any atom is 0.119 e. The fourth-order valence-electron chi connectivity index (χ4n) is 2.99. The lowest BCUT2D eigenvalue weighted by molar-refractivity contribution is 0.303. The molecule has 1 unspecified atom stereocenters. The van der Waals surface area contributed by atoms with E-state index in [1.54, 1.807) is 0 Å². The molecule has 0 aliphatic carbocycles. The molecule has 138 valence electrons. The molecule has 0 aliphatic heterocycles. The van der Waals surface area contributed by atoms with Gasteiger partial charge in [-0.05, 0) is 54.5 Å². The van der Waals surface area contributed by atoms with Crippen LogP contribution in [0.1, 0.15) is 71.3 Å². The summed E-state index contributed by atoms with van der Waals surface area (Å²) in [5.41, 5.74) is 7.32. The predicted octanol–water partition coefficient (Wildman–Crippen LogP) is 5.59. The average Bonchev–Trinajstić information content (AvgIpc) is 2.57. The van der Waals surface area contributed by atoms with Crippen molar-refractivity contribution in [2.24, 2.45) is 11.7 Å². The lowest BCUT2D eigenvalue weighted by atomic mass is 9.94. The van der Waals surface area contributed by atoms with Crippen LogP contribution in [0.5, 0.6) is 5.75 Å². The average molecular weight is 352 g/mol. The van der Waals surface area contributed by atoms with Gasteiger partial charge in [-0.2, -0.15) is 0 Å². The molecule has 0 saturated carbocycles. The van der Waals surface area contributed by atoms with Crippen LogP contribution in [0, 0.1) is 5.92 Å². The molecule has 0 radical (unpaired) electrons. The number of ether oxygens (including phenoxy) is 1. The van der Waals surface area contributed by atoms with E-state index >= 15 is 0 Å². The predicted molar refractivity (Wildman–Crippen MR) is 110 cm³/mol. The van der Waals surface area contributed by atoms with Gasteiger partial charge in [0.1, 0.15) is 5.75 Å². The molecule has 0 amide bonds. The summed E-state index contributed by atoms with van der Waals surface area (Å²) in [6.07, 6.45) is 9.62. The molecule has 2 N–H and O–H groups in total. The van der Waals surface area contributed by atoms with Gasteiger partial charge in [-0.1, -0.05) is 58.6 Å². The summed E-state index contributed by atoms with van der Waals surface area (Å²) < 4.78 is 5.85. The lowest BCUT2D eigenvalue weighted by Crippen LogP contribution is -2.31. The second-order valence-corrected chi connectivity index (χ2v) is 8.78. The Hall–Kier alpha value is -0.590. The minimum Gasteiger partial charge on any atom is -0.494 e. The van der Waals surface area contributed by atoms with Crippen molar-refractivity contribution in [3.05, 3.63) is 29.8 Å². The Balaban J connectivity index is 2.28. The Labute approximate surface area is 152 Å². The van der Waals surface area contributed by atoms with Gasteiger partial charge in [-0.3, -0.25) is 0 Å². The van der Waals surface area contributed by atoms with Gasteiger partial charge >= 0.3 is 0 Å². The van der Waals surface area contributed by atoms with Crippen molar-refractivity contribution in [1.29, 1.82) is 0 Å². The maximum absolute atomic E-state index is 5.95. The fourth-order valence-corrected chi connectivity index (χ4v) is 3.43. The van der Waals surface area contributed by atoms with Crippen molar-refractivity contribution in [2.75, 3.05) is 13.2 Å². The van der Waals surface area contributed by atoms with Gasteiger partial charge in [-0.25, -0.2) is 0 Å². The molecule has 1 aromatic carbocycles. The lowest BCUT2D eigenvalue weighted by Gasteiger charge is -2.27. The minimum absolute atomic E-state index is 0.194. The number of rotatable bonds is 13. The van der Waals surface area contributed by atoms with E-state index in [0.29, 0.717) is 0 Å². The van der Waals surface area contributed by atoms with E-state index in [0.717, 1.165) is 44.1 Å². The summed E-state index contributed by atoms with van der Waals surface area (Å²) in [5.74, 6) is 1.81. The van der Waals surface area contributed by atoms with E-state index in [4.69, 9.17) is 10.5 Å². The summed E-state index contributed by atoms with van der Waals surface area (Å²) in [6.45, 7) is 8.37. The van der Waals surface area contributed by atoms with Crippen LogP contribution < -0.4 is 10.5 Å². The number of unbranched alkanes of at least 4 members (excludes halogenated alkanes) is 2. The van der Waals surface area contributed by atoms with Gasteiger partial charge < -0.3 is 10.5 Å². The third-order valence-electron chi connectivity index (χ3n) is 4.68. The van der Waals surface area contributed by atoms with E-state index in [-0.39, 0.29) is 5.16 Å². The summed E-state index contributed by atoms with van der Waals surface area (Å²) in [6, 6.07) is 8.61. The molecule has 0 aromatic heterocycles. The molecule has 0 heterocycles. The second kappa shape index (κ2) is 11.9. The summed E-state index contributed by atoms with van der Waals surface area (Å²) in [7, 11) is 2.99. The largest absolute Gasteiger partial charge is 0.494 e. The molecule has 24 heavy (non-hydrogen) atoms. The molecule has 1 aromatic rings. The Kier molecular flexibility index (Phi) is 10.6. The van der Waals surface area contributed by atoms with Crippen LogP contribution in [-0.4, -0.2) is 18.3 Å². The SMILES string of the molecule is CCC[C@@](P)(CN)CCc1ccc(OCCCCCC(C)C)cc1. The molecule has 0 bridgehead atoms. The Bertz CT molecular complexity index is 432. The number of hydrogen-bond donors (Lipinski definition) is 1. The van der Waals surface area contributed by atoms with Gasteiger partial charge in [-0.15, -0.1) is 9.24 Å². The topological polar surface area (TPSA) is 35.2 Å². The Morgan fingerprint density at radius 1 is 1.08 bits per heavy atom. The first kappa shape index (κ1) is 21.5. The number of aryl methyl sites for hydroxylation is 1. The molecule has 0 fully saturated rings. The summed E-state index contributed by atoms with van der Waals surface area (Å²) >= 11 is 0. The van der Waals surface area contributed by atoms with Crippen molar-refractivity contribution in [3.8, 4) is 5.75 Å². The highest BCUT2D eigenvalue weighted by Gasteiger charge is 2.21. The molecule has 0 aliphatic rings. The standard InChI is InChI=1S/C21H38NOP/c1-4-14-21(24,17-22)15-13-19-9-11-20(12-10-19)23-16-7-5-6-8-18(2)3/h9-12,18H,4-8,13-17,22,24H2,1-3H3/t21-/m0/s1. The van der Waals surface area contributed by atoms with Crippen LogP contribution in [0.4, 0.5) is 0 Å². The van der Waals surface area contributed by atoms with Crippen LogP contribution in [0.25, 0.3) is 0 Å². The smallest absolute Gasteiger partial charge is 0.119 e. The van der Waals surface area contributed by atoms with E-state index < -0.39 is 0 Å². The van der Waals surface area contributed by atoms with Crippen molar-refractivity contribution < 1.29 is 4.74 Å². The van der Waals surface area contributed by atoms with Crippen LogP contribution in [0.3, 0.4) is 0 Å². The van der Waals surface area contributed by atoms with E-state index in [1.165, 1.54) is 37.7 Å². The van der Waals surface area contributed by atoms with Crippen molar-refractivity contribution in [3.63, 3.8) is 0 Å². The van der Waals surface area contributed by atoms with E-state index in [2.05, 4.69) is 54.3 Å². The van der Waals surface area contributed by atoms with Gasteiger partial charge in [0.2, 0.25) is 0 Å². The zero-order valence-electron chi connectivity index (χ0n) is 16.0. The number of hydrogen-bond acceptors (Lipinski definition) is 2. The quantitative estimate of drug-likeness (QED) is 0.371. The first-order valence-corrected chi connectivity index (χ1v) is 10.3. The summed E-state index contributed by atoms with van der Waals surface area (Å²) in [4.78, 5) is 0. The zero-order valence-corrected chi connectivity index (χ0v) is 17.2. The van der Waals surface area contributed by atoms with Crippen LogP contribution >= 0.6 is 9.24 Å². The number of nitrogens with two attached hydrogens (primary N) is 1. The molecule has 2 nitrogen and oxygen atoms in total. The molecule has 3 heteroatoms. The van der Waals surface area contributed by atoms with Crippen LogP contribution in [0.2, 0.25) is 0 Å². The third kappa shape index (κ3) is 9.04. The van der Waals surface area contributed by atoms with Crippen molar-refractivity contribution in [2.45, 2.75) is 77.3 Å². The number of benzene rings is 1. The molecule has 2 atom stereocenters. The van der Waals surface area contributed by atoms with Gasteiger partial charge in [0.15, 0.2) is 0 Å². The first-order valence-electron chi connectivity index (χ1n) is 9.70. The van der Waals surface area contributed by atoms with Crippen LogP contribution in [0.15, 0.2) is 24.3 Å². The van der Waals surface area contributed by atoms with Gasteiger partial charge in [0.25, 0.3) is 0 Å². The third-order valence-corrected chi connectivity index (χ3v) is 5.50. The molecule has 0 spiro atoms. The molecular formula is C21H38NOP. The highest BCUT2D eigenvalue weighted by atomic mass is 31.0. The molecule has 0 saturated heterocycles. The van der Waals surface area contributed by atoms with Gasteiger partial charge in [0, 0.05) is 6.54 Å². The van der Waals surface area contributed by atoms with Crippen LogP contribution in [-0.2, 0) is 6.42 Å². The van der Waals surface area contributed by atoms with Crippen molar-refractivity contribution in [1.82, 2.24) is 0 Å². The minimum atomic E-state index is 0.194. The first-order chi connectivity index (χ1) is 11.5. The fraction of sp³-hybridized carbons (Fsp3) is 0.714. The summed E-state index contributed by atoms with van der Waals surface area (Å²) in [5, 5.41) is 0.194. The highest BCUT2D eigenvalue weighted by molar-refractivity contribution is 7.19. The molecule has 1 rings (SSSR count). The molecular weight excluding hydrogens is 313 g/mol. The normalized spacial score (nSPS) is 13.9. The van der Waals surface area contributed by atoms with Crippen molar-refractivity contribution >= 4 is 9.24 Å². The zero-order chi connectivity index (χ0) is 17.8. The van der Waals surface area contributed by atoms with Gasteiger partial charge in [0.05, 0.1) is 6.61 Å². The highest BCUT2D eigenvalue weighted by Crippen LogP contribution is 2.29. The monoisotopic (exact) mass is 351 g/mol. The maximum atomic E-state index is 5.95. The second-order valence-electron chi connectivity index (χ2n) is 7.55. The van der Waals surface area contributed by atoms with E-state index in [9.17, 15) is 0 Å².